The van der Waals surface area contributed by atoms with E-state index in [0.29, 0.717) is 11.9 Å². The molecule has 1 aliphatic rings. The maximum absolute atomic E-state index is 5.81. The summed E-state index contributed by atoms with van der Waals surface area (Å²) in [7, 11) is 2.11. The van der Waals surface area contributed by atoms with Crippen molar-refractivity contribution in [2.75, 3.05) is 18.0 Å². The minimum absolute atomic E-state index is 0.387. The highest BCUT2D eigenvalue weighted by Gasteiger charge is 2.28. The van der Waals surface area contributed by atoms with Crippen LogP contribution in [0.2, 0.25) is 0 Å². The van der Waals surface area contributed by atoms with E-state index in [2.05, 4.69) is 51.8 Å². The molecule has 1 aromatic carbocycles. The third-order valence-corrected chi connectivity index (χ3v) is 4.80. The van der Waals surface area contributed by atoms with Gasteiger partial charge in [0, 0.05) is 32.5 Å². The lowest BCUT2D eigenvalue weighted by Gasteiger charge is -2.30. The first-order valence-corrected chi connectivity index (χ1v) is 8.75. The first-order valence-electron chi connectivity index (χ1n) is 8.75. The molecule has 0 radical (unpaired) electrons. The Morgan fingerprint density at radius 3 is 2.96 bits per heavy atom. The Kier molecular flexibility index (Phi) is 3.96. The van der Waals surface area contributed by atoms with Gasteiger partial charge in [-0.15, -0.1) is 5.10 Å². The van der Waals surface area contributed by atoms with Crippen molar-refractivity contribution in [2.45, 2.75) is 38.5 Å². The molecule has 6 nitrogen and oxygen atoms in total. The number of hydrogen-bond acceptors (Lipinski definition) is 5. The molecule has 4 rings (SSSR count). The molecule has 0 bridgehead atoms. The van der Waals surface area contributed by atoms with Crippen LogP contribution < -0.4 is 4.90 Å². The van der Waals surface area contributed by atoms with Gasteiger partial charge in [0.25, 0.3) is 0 Å². The molecule has 1 unspecified atom stereocenters. The average molecular weight is 325 g/mol. The van der Waals surface area contributed by atoms with Gasteiger partial charge in [0.05, 0.1) is 11.0 Å². The maximum atomic E-state index is 5.81. The largest absolute Gasteiger partial charge is 0.408 e. The number of rotatable bonds is 4. The zero-order valence-corrected chi connectivity index (χ0v) is 14.3. The van der Waals surface area contributed by atoms with Crippen molar-refractivity contribution in [3.05, 3.63) is 36.0 Å². The summed E-state index contributed by atoms with van der Waals surface area (Å²) in [6.07, 6.45) is 4.11. The molecule has 2 aromatic heterocycles. The summed E-state index contributed by atoms with van der Waals surface area (Å²) in [4.78, 5) is 7.08. The Morgan fingerprint density at radius 2 is 2.12 bits per heavy atom. The van der Waals surface area contributed by atoms with Gasteiger partial charge in [-0.3, -0.25) is 0 Å². The third kappa shape index (κ3) is 2.66. The van der Waals surface area contributed by atoms with E-state index in [0.717, 1.165) is 56.0 Å². The fourth-order valence-electron chi connectivity index (χ4n) is 3.58. The van der Waals surface area contributed by atoms with Gasteiger partial charge >= 0.3 is 6.01 Å². The molecule has 3 aromatic rings. The number of nitrogens with zero attached hydrogens (tertiary/aromatic N) is 5. The van der Waals surface area contributed by atoms with Gasteiger partial charge in [-0.25, -0.2) is 4.98 Å². The summed E-state index contributed by atoms with van der Waals surface area (Å²) in [6, 6.07) is 8.96. The van der Waals surface area contributed by atoms with Crippen molar-refractivity contribution in [3.8, 4) is 0 Å². The molecule has 1 aliphatic heterocycles. The van der Waals surface area contributed by atoms with E-state index in [1.54, 1.807) is 0 Å². The Bertz CT molecular complexity index is 837. The lowest BCUT2D eigenvalue weighted by Crippen LogP contribution is -2.35. The summed E-state index contributed by atoms with van der Waals surface area (Å²) in [5, 5.41) is 8.39. The number of fused-ring (bicyclic) bond motifs is 1. The number of piperidine rings is 1. The van der Waals surface area contributed by atoms with Crippen LogP contribution in [0.15, 0.2) is 28.7 Å². The Balaban J connectivity index is 1.58. The second-order valence-corrected chi connectivity index (χ2v) is 6.53. The van der Waals surface area contributed by atoms with Crippen molar-refractivity contribution in [3.63, 3.8) is 0 Å². The van der Waals surface area contributed by atoms with Crippen molar-refractivity contribution < 1.29 is 4.42 Å². The number of aryl methyl sites for hydroxylation is 2. The van der Waals surface area contributed by atoms with Gasteiger partial charge in [-0.2, -0.15) is 0 Å². The van der Waals surface area contributed by atoms with E-state index in [-0.39, 0.29) is 0 Å². The van der Waals surface area contributed by atoms with Crippen molar-refractivity contribution >= 4 is 17.0 Å². The number of aromatic nitrogens is 4. The van der Waals surface area contributed by atoms with Crippen LogP contribution in [0.3, 0.4) is 0 Å². The normalized spacial score (nSPS) is 18.4. The molecule has 3 heterocycles. The zero-order valence-electron chi connectivity index (χ0n) is 14.3. The first kappa shape index (κ1) is 15.2. The van der Waals surface area contributed by atoms with Gasteiger partial charge < -0.3 is 13.9 Å². The molecule has 1 fully saturated rings. The Hall–Kier alpha value is -2.37. The van der Waals surface area contributed by atoms with Crippen LogP contribution in [-0.2, 0) is 13.5 Å². The highest BCUT2D eigenvalue weighted by Crippen LogP contribution is 2.30. The number of para-hydroxylation sites is 2. The van der Waals surface area contributed by atoms with Crippen molar-refractivity contribution in [1.29, 1.82) is 0 Å². The minimum Gasteiger partial charge on any atom is -0.408 e. The molecule has 0 amide bonds. The fourth-order valence-corrected chi connectivity index (χ4v) is 3.58. The van der Waals surface area contributed by atoms with Gasteiger partial charge in [0.15, 0.2) is 0 Å². The van der Waals surface area contributed by atoms with Crippen molar-refractivity contribution in [2.24, 2.45) is 7.05 Å². The summed E-state index contributed by atoms with van der Waals surface area (Å²) < 4.78 is 8.04. The van der Waals surface area contributed by atoms with Gasteiger partial charge in [0.2, 0.25) is 5.89 Å². The Morgan fingerprint density at radius 1 is 1.25 bits per heavy atom. The highest BCUT2D eigenvalue weighted by molar-refractivity contribution is 5.75. The summed E-state index contributed by atoms with van der Waals surface area (Å²) >= 11 is 0. The SMILES string of the molecule is CCCc1nnc(N2CCCC(c3nc4ccccc4n3C)C2)o1. The molecule has 0 N–H and O–H groups in total. The van der Waals surface area contributed by atoms with Crippen LogP contribution in [0.1, 0.15) is 43.8 Å². The summed E-state index contributed by atoms with van der Waals surface area (Å²) in [6.45, 7) is 3.96. The summed E-state index contributed by atoms with van der Waals surface area (Å²) in [5.41, 5.74) is 2.25. The van der Waals surface area contributed by atoms with Gasteiger partial charge in [-0.1, -0.05) is 24.2 Å². The van der Waals surface area contributed by atoms with E-state index in [4.69, 9.17) is 9.40 Å². The van der Waals surface area contributed by atoms with E-state index in [1.807, 2.05) is 6.07 Å². The maximum Gasteiger partial charge on any atom is 0.318 e. The monoisotopic (exact) mass is 325 g/mol. The van der Waals surface area contributed by atoms with E-state index >= 15 is 0 Å². The van der Waals surface area contributed by atoms with E-state index in [1.165, 1.54) is 5.52 Å². The smallest absolute Gasteiger partial charge is 0.318 e. The lowest BCUT2D eigenvalue weighted by atomic mass is 9.97. The molecular weight excluding hydrogens is 302 g/mol. The zero-order chi connectivity index (χ0) is 16.5. The van der Waals surface area contributed by atoms with Crippen LogP contribution in [0.25, 0.3) is 11.0 Å². The molecule has 126 valence electrons. The first-order chi connectivity index (χ1) is 11.8. The number of benzene rings is 1. The average Bonchev–Trinajstić information content (AvgIpc) is 3.21. The standard InChI is InChI=1S/C18H23N5O/c1-3-7-16-20-21-18(24-16)23-11-6-8-13(12-23)17-19-14-9-4-5-10-15(14)22(17)2/h4-5,9-10,13H,3,6-8,11-12H2,1-2H3. The molecule has 0 saturated carbocycles. The van der Waals surface area contributed by atoms with Crippen LogP contribution in [-0.4, -0.2) is 32.8 Å². The number of anilines is 1. The quantitative estimate of drug-likeness (QED) is 0.736. The van der Waals surface area contributed by atoms with Crippen LogP contribution in [0, 0.1) is 0 Å². The molecule has 1 atom stereocenters. The molecule has 0 spiro atoms. The number of imidazole rings is 1. The Labute approximate surface area is 141 Å². The lowest BCUT2D eigenvalue weighted by molar-refractivity contribution is 0.429. The molecule has 1 saturated heterocycles. The van der Waals surface area contributed by atoms with E-state index < -0.39 is 0 Å². The van der Waals surface area contributed by atoms with Crippen LogP contribution in [0.5, 0.6) is 0 Å². The summed E-state index contributed by atoms with van der Waals surface area (Å²) in [5.74, 6) is 2.27. The fraction of sp³-hybridized carbons (Fsp3) is 0.500. The molecular formula is C18H23N5O. The third-order valence-electron chi connectivity index (χ3n) is 4.80. The van der Waals surface area contributed by atoms with Gasteiger partial charge in [-0.05, 0) is 31.4 Å². The topological polar surface area (TPSA) is 60.0 Å². The highest BCUT2D eigenvalue weighted by atomic mass is 16.4. The molecule has 6 heteroatoms. The van der Waals surface area contributed by atoms with Crippen LogP contribution in [0.4, 0.5) is 6.01 Å². The molecule has 24 heavy (non-hydrogen) atoms. The second kappa shape index (κ2) is 6.26. The predicted octanol–water partition coefficient (Wildman–Crippen LogP) is 3.29. The van der Waals surface area contributed by atoms with Crippen LogP contribution >= 0.6 is 0 Å². The minimum atomic E-state index is 0.387. The second-order valence-electron chi connectivity index (χ2n) is 6.53. The molecule has 0 aliphatic carbocycles. The van der Waals surface area contributed by atoms with Crippen molar-refractivity contribution in [1.82, 2.24) is 19.7 Å². The predicted molar refractivity (Wildman–Crippen MR) is 93.2 cm³/mol. The number of hydrogen-bond donors (Lipinski definition) is 0. The van der Waals surface area contributed by atoms with Gasteiger partial charge in [0.1, 0.15) is 5.82 Å². The van der Waals surface area contributed by atoms with E-state index in [9.17, 15) is 0 Å².